The van der Waals surface area contributed by atoms with Crippen LogP contribution in [0, 0.1) is 0 Å². The summed E-state index contributed by atoms with van der Waals surface area (Å²) in [6.45, 7) is 4.43. The van der Waals surface area contributed by atoms with Crippen LogP contribution >= 0.6 is 12.2 Å². The normalized spacial score (nSPS) is 23.6. The van der Waals surface area contributed by atoms with E-state index >= 15 is 0 Å². The number of hydrogen-bond donors (Lipinski definition) is 2. The summed E-state index contributed by atoms with van der Waals surface area (Å²) >= 11 is 4.66. The van der Waals surface area contributed by atoms with Crippen molar-refractivity contribution in [3.63, 3.8) is 0 Å². The molecule has 3 N–H and O–H groups in total. The van der Waals surface area contributed by atoms with Gasteiger partial charge in [-0.15, -0.1) is 0 Å². The Kier molecular flexibility index (Phi) is 9.90. The van der Waals surface area contributed by atoms with Crippen LogP contribution in [0.15, 0.2) is 29.4 Å². The molecule has 0 radical (unpaired) electrons. The summed E-state index contributed by atoms with van der Waals surface area (Å²) in [4.78, 5) is 47.0. The third-order valence-electron chi connectivity index (χ3n) is 4.16. The first-order valence-corrected chi connectivity index (χ1v) is 10.6. The third kappa shape index (κ3) is 8.83. The Balaban J connectivity index is 2.36. The van der Waals surface area contributed by atoms with Gasteiger partial charge in [0.2, 0.25) is 24.8 Å². The van der Waals surface area contributed by atoms with E-state index in [9.17, 15) is 19.2 Å². The number of benzene rings is 1. The summed E-state index contributed by atoms with van der Waals surface area (Å²) in [7, 11) is 0. The molecule has 0 aliphatic carbocycles. The van der Waals surface area contributed by atoms with E-state index in [1.807, 2.05) is 0 Å². The molecule has 0 aromatic heterocycles. The molecule has 0 unspecified atom stereocenters. The Bertz CT molecular complexity index is 984. The van der Waals surface area contributed by atoms with Crippen molar-refractivity contribution in [3.8, 4) is 5.75 Å². The van der Waals surface area contributed by atoms with E-state index in [0.29, 0.717) is 5.56 Å². The molecular formula is C21H25N3O10S. The highest BCUT2D eigenvalue weighted by Gasteiger charge is 2.54. The van der Waals surface area contributed by atoms with Crippen molar-refractivity contribution in [1.29, 1.82) is 0 Å². The molecule has 1 saturated heterocycles. The minimum absolute atomic E-state index is 0.00360. The van der Waals surface area contributed by atoms with E-state index in [0.717, 1.165) is 27.7 Å². The number of ether oxygens (including phenoxy) is 6. The van der Waals surface area contributed by atoms with Crippen molar-refractivity contribution in [2.45, 2.75) is 58.6 Å². The molecule has 1 aromatic rings. The largest absolute Gasteiger partial charge is 0.461 e. The molecule has 1 heterocycles. The Morgan fingerprint density at radius 2 is 1.34 bits per heavy atom. The molecule has 2 rings (SSSR count). The monoisotopic (exact) mass is 511 g/mol. The lowest BCUT2D eigenvalue weighted by atomic mass is 10.0. The van der Waals surface area contributed by atoms with Crippen molar-refractivity contribution in [2.75, 3.05) is 0 Å². The van der Waals surface area contributed by atoms with Crippen LogP contribution in [0.3, 0.4) is 0 Å². The molecule has 1 aliphatic rings. The highest BCUT2D eigenvalue weighted by atomic mass is 32.1. The van der Waals surface area contributed by atoms with Gasteiger partial charge in [0.05, 0.1) is 6.21 Å². The van der Waals surface area contributed by atoms with Gasteiger partial charge in [-0.25, -0.2) is 0 Å². The van der Waals surface area contributed by atoms with Crippen molar-refractivity contribution in [2.24, 2.45) is 10.8 Å². The molecule has 35 heavy (non-hydrogen) atoms. The molecule has 13 nitrogen and oxygen atoms in total. The van der Waals surface area contributed by atoms with Crippen LogP contribution in [-0.2, 0) is 42.9 Å². The average Bonchev–Trinajstić information content (AvgIpc) is 2.73. The van der Waals surface area contributed by atoms with Gasteiger partial charge >= 0.3 is 23.9 Å². The second-order valence-corrected chi connectivity index (χ2v) is 7.57. The molecule has 0 saturated carbocycles. The molecule has 1 fully saturated rings. The highest BCUT2D eigenvalue weighted by Crippen LogP contribution is 2.31. The number of thiocarbonyl (C=S) groups is 1. The Hall–Kier alpha value is -3.78. The van der Waals surface area contributed by atoms with Crippen molar-refractivity contribution in [3.05, 3.63) is 29.8 Å². The van der Waals surface area contributed by atoms with Gasteiger partial charge in [-0.1, -0.05) is 0 Å². The Morgan fingerprint density at radius 3 is 1.83 bits per heavy atom. The van der Waals surface area contributed by atoms with Gasteiger partial charge in [0.25, 0.3) is 0 Å². The second kappa shape index (κ2) is 12.6. The minimum atomic E-state index is -1.53. The summed E-state index contributed by atoms with van der Waals surface area (Å²) in [5, 5.41) is 3.84. The van der Waals surface area contributed by atoms with E-state index in [1.54, 1.807) is 24.3 Å². The minimum Gasteiger partial charge on any atom is -0.461 e. The first-order valence-electron chi connectivity index (χ1n) is 10.2. The number of nitrogens with two attached hydrogens (primary N) is 1. The fourth-order valence-corrected chi connectivity index (χ4v) is 3.08. The molecule has 5 atom stereocenters. The number of esters is 4. The lowest BCUT2D eigenvalue weighted by molar-refractivity contribution is -0.328. The summed E-state index contributed by atoms with van der Waals surface area (Å²) < 4.78 is 32.4. The van der Waals surface area contributed by atoms with E-state index in [1.165, 1.54) is 6.21 Å². The number of rotatable bonds is 8. The van der Waals surface area contributed by atoms with Crippen molar-refractivity contribution >= 4 is 47.4 Å². The fraction of sp³-hybridized carbons (Fsp3) is 0.429. The first-order chi connectivity index (χ1) is 16.5. The summed E-state index contributed by atoms with van der Waals surface area (Å²) in [5.41, 5.74) is 8.37. The lowest BCUT2D eigenvalue weighted by Crippen LogP contribution is -2.63. The summed E-state index contributed by atoms with van der Waals surface area (Å²) in [6, 6.07) is 6.38. The molecule has 0 spiro atoms. The molecule has 190 valence electrons. The van der Waals surface area contributed by atoms with Crippen LogP contribution in [0.25, 0.3) is 0 Å². The Labute approximate surface area is 205 Å². The van der Waals surface area contributed by atoms with Crippen LogP contribution in [0.1, 0.15) is 33.3 Å². The maximum Gasteiger partial charge on any atom is 0.305 e. The van der Waals surface area contributed by atoms with E-state index < -0.39 is 54.8 Å². The van der Waals surface area contributed by atoms with Gasteiger partial charge in [-0.05, 0) is 42.0 Å². The topological polar surface area (TPSA) is 174 Å². The van der Waals surface area contributed by atoms with E-state index in [-0.39, 0.29) is 10.9 Å². The van der Waals surface area contributed by atoms with Gasteiger partial charge in [-0.2, -0.15) is 5.10 Å². The second-order valence-electron chi connectivity index (χ2n) is 7.13. The van der Waals surface area contributed by atoms with Crippen molar-refractivity contribution in [1.82, 2.24) is 5.43 Å². The molecule has 14 heteroatoms. The van der Waals surface area contributed by atoms with Gasteiger partial charge < -0.3 is 29.4 Å². The maximum absolute atomic E-state index is 11.8. The van der Waals surface area contributed by atoms with Gasteiger partial charge in [0.1, 0.15) is 5.75 Å². The number of carbonyl (C=O) groups is 4. The van der Waals surface area contributed by atoms with Gasteiger partial charge in [-0.3, -0.25) is 29.3 Å². The number of carbonyl (C=O) groups excluding carboxylic acids is 4. The number of nitrogens with zero attached hydrogens (tertiary/aromatic N) is 1. The fourth-order valence-electron chi connectivity index (χ4n) is 3.03. The molecule has 1 aliphatic heterocycles. The average molecular weight is 512 g/mol. The van der Waals surface area contributed by atoms with Gasteiger partial charge in [0.15, 0.2) is 11.2 Å². The molecule has 0 amide bonds. The maximum atomic E-state index is 11.8. The molecule has 1 aromatic carbocycles. The molecule has 0 bridgehead atoms. The van der Waals surface area contributed by atoms with Crippen LogP contribution < -0.4 is 15.9 Å². The summed E-state index contributed by atoms with van der Waals surface area (Å²) in [6.07, 6.45) is -5.74. The van der Waals surface area contributed by atoms with Crippen LogP contribution in [0.5, 0.6) is 5.75 Å². The summed E-state index contributed by atoms with van der Waals surface area (Å²) in [5.74, 6) is -2.83. The molecular weight excluding hydrogens is 486 g/mol. The predicted octanol–water partition coefficient (Wildman–Crippen LogP) is 0.273. The Morgan fingerprint density at radius 1 is 0.857 bits per heavy atom. The van der Waals surface area contributed by atoms with E-state index in [2.05, 4.69) is 22.7 Å². The standard InChI is InChI=1S/C21H25N3O10S/c1-10(25)29-16-17(30-11(2)26)19(32-13(4)28)34-20(18(16)31-12(3)27)33-15-7-5-14(6-8-15)9-23-24-21(22)35/h5-9,16-20H,1-4H3,(H3,22,24,35)/b23-9+/t16-,17+,18+,19-,20+/m0/s1. The first kappa shape index (κ1) is 27.5. The zero-order valence-electron chi connectivity index (χ0n) is 19.3. The quantitative estimate of drug-likeness (QED) is 0.160. The lowest BCUT2D eigenvalue weighted by Gasteiger charge is -2.43. The van der Waals surface area contributed by atoms with Crippen LogP contribution in [0.2, 0.25) is 0 Å². The smallest absolute Gasteiger partial charge is 0.305 e. The van der Waals surface area contributed by atoms with Crippen molar-refractivity contribution < 1.29 is 47.6 Å². The zero-order valence-corrected chi connectivity index (χ0v) is 20.1. The zero-order chi connectivity index (χ0) is 26.1. The van der Waals surface area contributed by atoms with E-state index in [4.69, 9.17) is 34.2 Å². The van der Waals surface area contributed by atoms with Crippen LogP contribution in [0.4, 0.5) is 0 Å². The van der Waals surface area contributed by atoms with Crippen LogP contribution in [-0.4, -0.2) is 66.1 Å². The number of hydrogen-bond acceptors (Lipinski definition) is 12. The number of nitrogens with one attached hydrogen (secondary N) is 1. The van der Waals surface area contributed by atoms with Gasteiger partial charge in [0, 0.05) is 27.7 Å². The number of hydrazone groups is 1. The predicted molar refractivity (Wildman–Crippen MR) is 122 cm³/mol. The SMILES string of the molecule is CC(=O)O[C@H]1O[C@@H](Oc2ccc(/C=N/NC(N)=S)cc2)[C@H](OC(C)=O)[C@@H](OC(C)=O)[C@H]1OC(C)=O. The highest BCUT2D eigenvalue weighted by molar-refractivity contribution is 7.80. The third-order valence-corrected chi connectivity index (χ3v) is 4.25.